The van der Waals surface area contributed by atoms with Gasteiger partial charge in [-0.1, -0.05) is 4.49 Å². The van der Waals surface area contributed by atoms with Gasteiger partial charge in [-0.25, -0.2) is 0 Å². The van der Waals surface area contributed by atoms with E-state index in [0.29, 0.717) is 0 Å². The smallest absolute Gasteiger partial charge is 0.161 e. The van der Waals surface area contributed by atoms with E-state index in [1.165, 1.54) is 11.5 Å². The van der Waals surface area contributed by atoms with Crippen LogP contribution in [0.1, 0.15) is 42.2 Å². The van der Waals surface area contributed by atoms with Crippen LogP contribution in [0, 0.1) is 6.92 Å². The molecule has 0 radical (unpaired) electrons. The predicted octanol–water partition coefficient (Wildman–Crippen LogP) is 1.94. The van der Waals surface area contributed by atoms with Crippen LogP contribution < -0.4 is 10.1 Å². The second-order valence-corrected chi connectivity index (χ2v) is 5.37. The summed E-state index contributed by atoms with van der Waals surface area (Å²) >= 11 is 1.40. The second-order valence-electron chi connectivity index (χ2n) is 4.58. The van der Waals surface area contributed by atoms with Crippen LogP contribution in [0.2, 0.25) is 0 Å². The number of hydrogen-bond acceptors (Lipinski definition) is 6. The average Bonchev–Trinajstić information content (AvgIpc) is 2.98. The molecule has 6 nitrogen and oxygen atoms in total. The lowest BCUT2D eigenvalue weighted by molar-refractivity contribution is 0.396. The van der Waals surface area contributed by atoms with Crippen molar-refractivity contribution in [3.05, 3.63) is 22.5 Å². The zero-order valence-corrected chi connectivity index (χ0v) is 12.7. The van der Waals surface area contributed by atoms with Crippen molar-refractivity contribution in [3.63, 3.8) is 0 Å². The van der Waals surface area contributed by atoms with Crippen molar-refractivity contribution < 1.29 is 4.74 Å². The summed E-state index contributed by atoms with van der Waals surface area (Å²) in [5.41, 5.74) is 1.94. The Morgan fingerprint density at radius 2 is 2.16 bits per heavy atom. The van der Waals surface area contributed by atoms with Crippen molar-refractivity contribution in [1.29, 1.82) is 0 Å². The van der Waals surface area contributed by atoms with Crippen molar-refractivity contribution >= 4 is 11.5 Å². The average molecular weight is 281 g/mol. The first-order chi connectivity index (χ1) is 9.10. The first-order valence-electron chi connectivity index (χ1n) is 6.17. The maximum absolute atomic E-state index is 5.44. The van der Waals surface area contributed by atoms with Gasteiger partial charge < -0.3 is 10.1 Å². The summed E-state index contributed by atoms with van der Waals surface area (Å²) in [6, 6.07) is 0.246. The Morgan fingerprint density at radius 3 is 2.63 bits per heavy atom. The van der Waals surface area contributed by atoms with Crippen LogP contribution in [0.25, 0.3) is 0 Å². The highest BCUT2D eigenvalue weighted by atomic mass is 32.1. The Bertz CT molecular complexity index is 548. The van der Waals surface area contributed by atoms with E-state index in [9.17, 15) is 0 Å². The standard InChI is InChI=1S/C12H19N5OS/c1-7(2)17-11(9(18-5)6-14-17)10(13-4)12-8(3)15-16-19-12/h6-7,10,13H,1-5H3. The third kappa shape index (κ3) is 2.48. The van der Waals surface area contributed by atoms with Gasteiger partial charge in [0.2, 0.25) is 0 Å². The van der Waals surface area contributed by atoms with E-state index >= 15 is 0 Å². The lowest BCUT2D eigenvalue weighted by Crippen LogP contribution is -2.23. The van der Waals surface area contributed by atoms with Gasteiger partial charge in [-0.05, 0) is 39.4 Å². The zero-order chi connectivity index (χ0) is 14.0. The monoisotopic (exact) mass is 281 g/mol. The highest BCUT2D eigenvalue weighted by Crippen LogP contribution is 2.33. The van der Waals surface area contributed by atoms with Gasteiger partial charge in [0, 0.05) is 6.04 Å². The molecule has 7 heteroatoms. The lowest BCUT2D eigenvalue weighted by Gasteiger charge is -2.20. The molecule has 0 aliphatic heterocycles. The summed E-state index contributed by atoms with van der Waals surface area (Å²) in [5, 5.41) is 11.8. The van der Waals surface area contributed by atoms with Crippen molar-refractivity contribution in [2.24, 2.45) is 0 Å². The molecule has 0 aromatic carbocycles. The minimum absolute atomic E-state index is 0.0140. The van der Waals surface area contributed by atoms with Gasteiger partial charge in [0.15, 0.2) is 5.75 Å². The van der Waals surface area contributed by atoms with Crippen LogP contribution >= 0.6 is 11.5 Å². The third-order valence-corrected chi connectivity index (χ3v) is 3.91. The number of hydrogen-bond donors (Lipinski definition) is 1. The Balaban J connectivity index is 2.54. The molecular weight excluding hydrogens is 262 g/mol. The predicted molar refractivity (Wildman–Crippen MR) is 74.7 cm³/mol. The Hall–Kier alpha value is -1.47. The summed E-state index contributed by atoms with van der Waals surface area (Å²) in [6.07, 6.45) is 1.75. The first-order valence-corrected chi connectivity index (χ1v) is 6.95. The number of aryl methyl sites for hydroxylation is 1. The van der Waals surface area contributed by atoms with Crippen LogP contribution in [0.15, 0.2) is 6.20 Å². The molecular formula is C12H19N5OS. The minimum atomic E-state index is -0.0140. The van der Waals surface area contributed by atoms with E-state index in [1.54, 1.807) is 13.3 Å². The molecule has 2 heterocycles. The topological polar surface area (TPSA) is 64.9 Å². The van der Waals surface area contributed by atoms with Crippen LogP contribution in [-0.4, -0.2) is 33.5 Å². The van der Waals surface area contributed by atoms with Gasteiger partial charge in [0.25, 0.3) is 0 Å². The number of rotatable bonds is 5. The lowest BCUT2D eigenvalue weighted by atomic mass is 10.1. The van der Waals surface area contributed by atoms with E-state index in [0.717, 1.165) is 22.0 Å². The largest absolute Gasteiger partial charge is 0.493 e. The van der Waals surface area contributed by atoms with Crippen molar-refractivity contribution in [3.8, 4) is 5.75 Å². The summed E-state index contributed by atoms with van der Waals surface area (Å²) < 4.78 is 11.4. The van der Waals surface area contributed by atoms with Crippen LogP contribution in [0.5, 0.6) is 5.75 Å². The fourth-order valence-electron chi connectivity index (χ4n) is 2.09. The van der Waals surface area contributed by atoms with Crippen molar-refractivity contribution in [2.75, 3.05) is 14.2 Å². The SMILES string of the molecule is CNC(c1snnc1C)c1c(OC)cnn1C(C)C. The second kappa shape index (κ2) is 5.66. The summed E-state index contributed by atoms with van der Waals surface area (Å²) in [7, 11) is 3.58. The van der Waals surface area contributed by atoms with Gasteiger partial charge in [-0.15, -0.1) is 5.10 Å². The molecule has 2 aromatic heterocycles. The van der Waals surface area contributed by atoms with Gasteiger partial charge >= 0.3 is 0 Å². The fourth-order valence-corrected chi connectivity index (χ4v) is 2.85. The molecule has 2 aromatic rings. The molecule has 0 bridgehead atoms. The molecule has 0 fully saturated rings. The molecule has 0 amide bonds. The third-order valence-electron chi connectivity index (χ3n) is 3.02. The molecule has 0 saturated carbocycles. The van der Waals surface area contributed by atoms with Crippen molar-refractivity contribution in [1.82, 2.24) is 24.7 Å². The molecule has 0 spiro atoms. The van der Waals surface area contributed by atoms with Crippen LogP contribution in [-0.2, 0) is 0 Å². The zero-order valence-electron chi connectivity index (χ0n) is 11.8. The van der Waals surface area contributed by atoms with E-state index in [-0.39, 0.29) is 12.1 Å². The first kappa shape index (κ1) is 14.0. The molecule has 1 unspecified atom stereocenters. The van der Waals surface area contributed by atoms with Gasteiger partial charge in [-0.2, -0.15) is 5.10 Å². The Labute approximate surface area is 117 Å². The maximum Gasteiger partial charge on any atom is 0.161 e. The molecule has 0 aliphatic rings. The molecule has 0 saturated heterocycles. The highest BCUT2D eigenvalue weighted by Gasteiger charge is 2.26. The highest BCUT2D eigenvalue weighted by molar-refractivity contribution is 7.05. The van der Waals surface area contributed by atoms with Crippen molar-refractivity contribution in [2.45, 2.75) is 32.9 Å². The number of ether oxygens (including phenoxy) is 1. The van der Waals surface area contributed by atoms with Gasteiger partial charge in [-0.3, -0.25) is 4.68 Å². The summed E-state index contributed by atoms with van der Waals surface area (Å²) in [6.45, 7) is 6.16. The molecule has 104 valence electrons. The number of aromatic nitrogens is 4. The quantitative estimate of drug-likeness (QED) is 0.907. The number of nitrogens with one attached hydrogen (secondary N) is 1. The molecule has 1 N–H and O–H groups in total. The Kier molecular flexibility index (Phi) is 4.16. The van der Waals surface area contributed by atoms with E-state index in [4.69, 9.17) is 4.74 Å². The molecule has 2 rings (SSSR count). The number of methoxy groups -OCH3 is 1. The van der Waals surface area contributed by atoms with Crippen LogP contribution in [0.3, 0.4) is 0 Å². The molecule has 19 heavy (non-hydrogen) atoms. The van der Waals surface area contributed by atoms with Gasteiger partial charge in [0.1, 0.15) is 5.69 Å². The molecule has 0 aliphatic carbocycles. The van der Waals surface area contributed by atoms with Crippen LogP contribution in [0.4, 0.5) is 0 Å². The minimum Gasteiger partial charge on any atom is -0.493 e. The van der Waals surface area contributed by atoms with Gasteiger partial charge in [0.05, 0.1) is 29.9 Å². The fraction of sp³-hybridized carbons (Fsp3) is 0.583. The Morgan fingerprint density at radius 1 is 1.42 bits per heavy atom. The van der Waals surface area contributed by atoms with E-state index in [1.807, 2.05) is 18.7 Å². The van der Waals surface area contributed by atoms with E-state index in [2.05, 4.69) is 33.8 Å². The summed E-state index contributed by atoms with van der Waals surface area (Å²) in [5.74, 6) is 0.779. The molecule has 1 atom stereocenters. The van der Waals surface area contributed by atoms with E-state index < -0.39 is 0 Å². The maximum atomic E-state index is 5.44. The normalized spacial score (nSPS) is 12.9. The number of nitrogens with zero attached hydrogens (tertiary/aromatic N) is 4. The summed E-state index contributed by atoms with van der Waals surface area (Å²) in [4.78, 5) is 1.09.